The smallest absolute Gasteiger partial charge is 0.321 e. The van der Waals surface area contributed by atoms with Crippen molar-refractivity contribution in [1.29, 1.82) is 0 Å². The Morgan fingerprint density at radius 1 is 1.16 bits per heavy atom. The summed E-state index contributed by atoms with van der Waals surface area (Å²) in [6.45, 7) is 2.03. The number of fused-ring (bicyclic) bond motifs is 1. The molecule has 1 fully saturated rings. The monoisotopic (exact) mass is 261 g/mol. The minimum Gasteiger partial charge on any atom is -0.321 e. The van der Waals surface area contributed by atoms with E-state index in [0.717, 1.165) is 31.5 Å². The molecule has 19 heavy (non-hydrogen) atoms. The fraction of sp³-hybridized carbons (Fsp3) is 0.500. The molecule has 0 spiro atoms. The van der Waals surface area contributed by atoms with Gasteiger partial charge in [0.05, 0.1) is 0 Å². The van der Waals surface area contributed by atoms with Crippen LogP contribution in [0.5, 0.6) is 0 Å². The van der Waals surface area contributed by atoms with Crippen molar-refractivity contribution in [1.82, 2.24) is 9.96 Å². The zero-order chi connectivity index (χ0) is 13.2. The molecule has 5 heteroatoms. The van der Waals surface area contributed by atoms with Crippen LogP contribution in [0.2, 0.25) is 0 Å². The molecule has 1 aromatic rings. The molecule has 2 heterocycles. The summed E-state index contributed by atoms with van der Waals surface area (Å²) >= 11 is 0. The van der Waals surface area contributed by atoms with Crippen LogP contribution >= 0.6 is 0 Å². The first-order chi connectivity index (χ1) is 9.24. The third-order valence-electron chi connectivity index (χ3n) is 4.02. The van der Waals surface area contributed by atoms with Gasteiger partial charge >= 0.3 is 6.03 Å². The molecule has 0 unspecified atom stereocenters. The molecule has 1 saturated heterocycles. The van der Waals surface area contributed by atoms with E-state index in [9.17, 15) is 10.0 Å². The lowest BCUT2D eigenvalue weighted by Crippen LogP contribution is -2.48. The number of nitrogens with zero attached hydrogens (tertiary/aromatic N) is 2. The highest BCUT2D eigenvalue weighted by Crippen LogP contribution is 2.23. The molecule has 0 aliphatic carbocycles. The number of hydrogen-bond donors (Lipinski definition) is 2. The zero-order valence-electron chi connectivity index (χ0n) is 10.9. The molecule has 1 aromatic carbocycles. The number of carbonyl (C=O) groups excluding carboxylic acids is 1. The average Bonchev–Trinajstić information content (AvgIpc) is 2.58. The molecule has 2 amide bonds. The molecule has 2 aliphatic heterocycles. The highest BCUT2D eigenvalue weighted by atomic mass is 16.5. The van der Waals surface area contributed by atoms with Gasteiger partial charge in [0.25, 0.3) is 0 Å². The van der Waals surface area contributed by atoms with Gasteiger partial charge in [-0.1, -0.05) is 18.2 Å². The van der Waals surface area contributed by atoms with E-state index >= 15 is 0 Å². The largest absolute Gasteiger partial charge is 0.322 e. The summed E-state index contributed by atoms with van der Waals surface area (Å²) in [4.78, 5) is 14.2. The Labute approximate surface area is 112 Å². The maximum Gasteiger partial charge on any atom is 0.322 e. The van der Waals surface area contributed by atoms with Gasteiger partial charge in [-0.25, -0.2) is 4.79 Å². The second-order valence-electron chi connectivity index (χ2n) is 5.22. The molecule has 102 valence electrons. The van der Waals surface area contributed by atoms with Crippen LogP contribution in [0, 0.1) is 0 Å². The van der Waals surface area contributed by atoms with Gasteiger partial charge in [-0.3, -0.25) is 0 Å². The molecule has 0 bridgehead atoms. The quantitative estimate of drug-likeness (QED) is 0.812. The standard InChI is InChI=1S/C14H19N3O2/c18-14-15-13-4-2-1-3-11(13)5-10-17(14)12-6-8-16(19)9-7-12/h1-4,12,19H,5-10H2,(H,15,18). The van der Waals surface area contributed by atoms with E-state index in [1.807, 2.05) is 23.1 Å². The number of amides is 2. The van der Waals surface area contributed by atoms with Crippen molar-refractivity contribution in [2.24, 2.45) is 0 Å². The number of piperidine rings is 1. The molecule has 2 aliphatic rings. The van der Waals surface area contributed by atoms with Gasteiger partial charge in [0.1, 0.15) is 0 Å². The van der Waals surface area contributed by atoms with Gasteiger partial charge in [0.15, 0.2) is 0 Å². The maximum atomic E-state index is 12.3. The van der Waals surface area contributed by atoms with E-state index in [-0.39, 0.29) is 12.1 Å². The molecule has 5 nitrogen and oxygen atoms in total. The van der Waals surface area contributed by atoms with E-state index in [2.05, 4.69) is 11.4 Å². The van der Waals surface area contributed by atoms with Crippen LogP contribution in [0.4, 0.5) is 10.5 Å². The number of carbonyl (C=O) groups is 1. The van der Waals surface area contributed by atoms with E-state index in [0.29, 0.717) is 13.1 Å². The molecule has 0 saturated carbocycles. The summed E-state index contributed by atoms with van der Waals surface area (Å²) in [5, 5.41) is 13.7. The molecule has 0 atom stereocenters. The summed E-state index contributed by atoms with van der Waals surface area (Å²) in [5.41, 5.74) is 2.12. The predicted molar refractivity (Wildman–Crippen MR) is 72.3 cm³/mol. The van der Waals surface area contributed by atoms with E-state index in [1.165, 1.54) is 10.6 Å². The number of benzene rings is 1. The van der Waals surface area contributed by atoms with Crippen molar-refractivity contribution < 1.29 is 10.0 Å². The molecule has 0 radical (unpaired) electrons. The summed E-state index contributed by atoms with van der Waals surface area (Å²) < 4.78 is 0. The van der Waals surface area contributed by atoms with Crippen LogP contribution in [0.15, 0.2) is 24.3 Å². The second kappa shape index (κ2) is 5.19. The normalized spacial score (nSPS) is 21.7. The van der Waals surface area contributed by atoms with E-state index < -0.39 is 0 Å². The van der Waals surface area contributed by atoms with E-state index in [1.54, 1.807) is 0 Å². The molecule has 2 N–H and O–H groups in total. The number of hydrogen-bond acceptors (Lipinski definition) is 3. The van der Waals surface area contributed by atoms with Crippen LogP contribution in [0.25, 0.3) is 0 Å². The Hall–Kier alpha value is -1.59. The minimum atomic E-state index is -0.0126. The van der Waals surface area contributed by atoms with Gasteiger partial charge in [0.2, 0.25) is 0 Å². The summed E-state index contributed by atoms with van der Waals surface area (Å²) in [6, 6.07) is 8.19. The third-order valence-corrected chi connectivity index (χ3v) is 4.02. The zero-order valence-corrected chi connectivity index (χ0v) is 10.9. The molecule has 0 aromatic heterocycles. The van der Waals surface area contributed by atoms with Crippen molar-refractivity contribution in [2.45, 2.75) is 25.3 Å². The minimum absolute atomic E-state index is 0.0126. The number of para-hydroxylation sites is 1. The first kappa shape index (κ1) is 12.4. The van der Waals surface area contributed by atoms with Crippen molar-refractivity contribution in [2.75, 3.05) is 25.0 Å². The van der Waals surface area contributed by atoms with Gasteiger partial charge < -0.3 is 15.4 Å². The summed E-state index contributed by atoms with van der Waals surface area (Å²) in [7, 11) is 0. The SMILES string of the molecule is O=C1Nc2ccccc2CCN1C1CCN(O)CC1. The second-order valence-corrected chi connectivity index (χ2v) is 5.22. The highest BCUT2D eigenvalue weighted by molar-refractivity contribution is 5.91. The average molecular weight is 261 g/mol. The Morgan fingerprint density at radius 2 is 1.89 bits per heavy atom. The van der Waals surface area contributed by atoms with Gasteiger partial charge in [-0.05, 0) is 30.9 Å². The number of anilines is 1. The lowest BCUT2D eigenvalue weighted by Gasteiger charge is -2.35. The van der Waals surface area contributed by atoms with Crippen molar-refractivity contribution >= 4 is 11.7 Å². The third kappa shape index (κ3) is 2.57. The Kier molecular flexibility index (Phi) is 3.40. The summed E-state index contributed by atoms with van der Waals surface area (Å²) in [5.74, 6) is 0. The van der Waals surface area contributed by atoms with Gasteiger partial charge in [-0.2, -0.15) is 5.06 Å². The van der Waals surface area contributed by atoms with Crippen molar-refractivity contribution in [3.05, 3.63) is 29.8 Å². The van der Waals surface area contributed by atoms with Crippen LogP contribution in [0.1, 0.15) is 18.4 Å². The summed E-state index contributed by atoms with van der Waals surface area (Å²) in [6.07, 6.45) is 2.55. The van der Waals surface area contributed by atoms with E-state index in [4.69, 9.17) is 0 Å². The maximum absolute atomic E-state index is 12.3. The Morgan fingerprint density at radius 3 is 2.68 bits per heavy atom. The lowest BCUT2D eigenvalue weighted by molar-refractivity contribution is -0.113. The predicted octanol–water partition coefficient (Wildman–Crippen LogP) is 1.93. The van der Waals surface area contributed by atoms with Gasteiger partial charge in [0, 0.05) is 31.4 Å². The van der Waals surface area contributed by atoms with Crippen LogP contribution in [-0.2, 0) is 6.42 Å². The fourth-order valence-electron chi connectivity index (χ4n) is 2.90. The number of rotatable bonds is 1. The van der Waals surface area contributed by atoms with Crippen LogP contribution < -0.4 is 5.32 Å². The van der Waals surface area contributed by atoms with Crippen molar-refractivity contribution in [3.63, 3.8) is 0 Å². The first-order valence-corrected chi connectivity index (χ1v) is 6.83. The number of hydroxylamine groups is 2. The highest BCUT2D eigenvalue weighted by Gasteiger charge is 2.29. The Bertz CT molecular complexity index is 470. The molecular weight excluding hydrogens is 242 g/mol. The number of nitrogens with one attached hydrogen (secondary N) is 1. The van der Waals surface area contributed by atoms with Crippen molar-refractivity contribution in [3.8, 4) is 0 Å². The fourth-order valence-corrected chi connectivity index (χ4v) is 2.90. The van der Waals surface area contributed by atoms with Crippen LogP contribution in [0.3, 0.4) is 0 Å². The Balaban J connectivity index is 1.74. The lowest BCUT2D eigenvalue weighted by atomic mass is 10.0. The number of urea groups is 1. The molecular formula is C14H19N3O2. The first-order valence-electron chi connectivity index (χ1n) is 6.83. The molecule has 3 rings (SSSR count). The van der Waals surface area contributed by atoms with Gasteiger partial charge in [-0.15, -0.1) is 0 Å². The van der Waals surface area contributed by atoms with Crippen LogP contribution in [-0.4, -0.2) is 46.9 Å². The topological polar surface area (TPSA) is 55.8 Å².